The van der Waals surface area contributed by atoms with E-state index >= 15 is 0 Å². The van der Waals surface area contributed by atoms with Crippen LogP contribution in [0.4, 0.5) is 4.39 Å². The predicted octanol–water partition coefficient (Wildman–Crippen LogP) is 1.89. The van der Waals surface area contributed by atoms with Crippen LogP contribution in [0.3, 0.4) is 0 Å². The zero-order valence-corrected chi connectivity index (χ0v) is 11.6. The third-order valence-electron chi connectivity index (χ3n) is 3.70. The van der Waals surface area contributed by atoms with Gasteiger partial charge in [-0.25, -0.2) is 4.39 Å². The summed E-state index contributed by atoms with van der Waals surface area (Å²) in [6.45, 7) is 6.27. The number of nitrogens with one attached hydrogen (secondary N) is 1. The summed E-state index contributed by atoms with van der Waals surface area (Å²) in [6.07, 6.45) is 1.67. The zero-order chi connectivity index (χ0) is 13.8. The SMILES string of the molecule is CCNC1CCN(CCc2ccc(F)cc2C)C1=O. The monoisotopic (exact) mass is 264 g/mol. The largest absolute Gasteiger partial charge is 0.341 e. The average molecular weight is 264 g/mol. The quantitative estimate of drug-likeness (QED) is 0.881. The molecule has 1 aromatic carbocycles. The smallest absolute Gasteiger partial charge is 0.239 e. The molecule has 1 aliphatic rings. The van der Waals surface area contributed by atoms with Gasteiger partial charge in [0.15, 0.2) is 0 Å². The van der Waals surface area contributed by atoms with E-state index in [1.54, 1.807) is 6.07 Å². The molecule has 4 heteroatoms. The van der Waals surface area contributed by atoms with Crippen molar-refractivity contribution in [2.24, 2.45) is 0 Å². The summed E-state index contributed by atoms with van der Waals surface area (Å²) in [7, 11) is 0. The Morgan fingerprint density at radius 3 is 2.95 bits per heavy atom. The molecule has 1 heterocycles. The molecular weight excluding hydrogens is 243 g/mol. The van der Waals surface area contributed by atoms with Crippen molar-refractivity contribution in [2.45, 2.75) is 32.7 Å². The Labute approximate surface area is 113 Å². The lowest BCUT2D eigenvalue weighted by Gasteiger charge is -2.17. The Hall–Kier alpha value is -1.42. The summed E-state index contributed by atoms with van der Waals surface area (Å²) in [5.74, 6) is -0.00711. The van der Waals surface area contributed by atoms with Crippen LogP contribution in [-0.2, 0) is 11.2 Å². The maximum absolute atomic E-state index is 13.0. The standard InChI is InChI=1S/C15H21FN2O/c1-3-17-14-7-9-18(15(14)19)8-6-12-4-5-13(16)10-11(12)2/h4-5,10,14,17H,3,6-9H2,1-2H3. The van der Waals surface area contributed by atoms with Gasteiger partial charge < -0.3 is 10.2 Å². The van der Waals surface area contributed by atoms with Crippen molar-refractivity contribution in [1.82, 2.24) is 10.2 Å². The van der Waals surface area contributed by atoms with Gasteiger partial charge in [0.1, 0.15) is 5.82 Å². The molecular formula is C15H21FN2O. The second-order valence-electron chi connectivity index (χ2n) is 5.05. The molecule has 104 valence electrons. The molecule has 0 aromatic heterocycles. The highest BCUT2D eigenvalue weighted by molar-refractivity contribution is 5.83. The number of amides is 1. The Morgan fingerprint density at radius 1 is 1.47 bits per heavy atom. The molecule has 1 unspecified atom stereocenters. The zero-order valence-electron chi connectivity index (χ0n) is 11.6. The van der Waals surface area contributed by atoms with Crippen molar-refractivity contribution in [3.63, 3.8) is 0 Å². The van der Waals surface area contributed by atoms with Crippen molar-refractivity contribution in [1.29, 1.82) is 0 Å². The number of halogens is 1. The Kier molecular flexibility index (Phi) is 4.53. The van der Waals surface area contributed by atoms with Crippen LogP contribution < -0.4 is 5.32 Å². The van der Waals surface area contributed by atoms with E-state index in [1.807, 2.05) is 24.8 Å². The van der Waals surface area contributed by atoms with Gasteiger partial charge in [0, 0.05) is 13.1 Å². The molecule has 0 spiro atoms. The number of aryl methyl sites for hydroxylation is 1. The summed E-state index contributed by atoms with van der Waals surface area (Å²) in [6, 6.07) is 4.82. The first-order valence-corrected chi connectivity index (χ1v) is 6.89. The lowest BCUT2D eigenvalue weighted by atomic mass is 10.1. The van der Waals surface area contributed by atoms with Crippen molar-refractivity contribution in [2.75, 3.05) is 19.6 Å². The normalized spacial score (nSPS) is 19.2. The number of likely N-dealkylation sites (tertiary alicyclic amines) is 1. The van der Waals surface area contributed by atoms with Gasteiger partial charge in [0.25, 0.3) is 0 Å². The topological polar surface area (TPSA) is 32.3 Å². The van der Waals surface area contributed by atoms with E-state index in [-0.39, 0.29) is 17.8 Å². The fourth-order valence-electron chi connectivity index (χ4n) is 2.59. The summed E-state index contributed by atoms with van der Waals surface area (Å²) in [4.78, 5) is 14.0. The van der Waals surface area contributed by atoms with Crippen LogP contribution >= 0.6 is 0 Å². The number of hydrogen-bond donors (Lipinski definition) is 1. The van der Waals surface area contributed by atoms with E-state index < -0.39 is 0 Å². The first-order chi connectivity index (χ1) is 9.11. The van der Waals surface area contributed by atoms with Gasteiger partial charge in [-0.3, -0.25) is 4.79 Å². The minimum absolute atomic E-state index is 0.0145. The molecule has 0 saturated carbocycles. The Morgan fingerprint density at radius 2 is 2.26 bits per heavy atom. The maximum atomic E-state index is 13.0. The van der Waals surface area contributed by atoms with E-state index in [1.165, 1.54) is 6.07 Å². The average Bonchev–Trinajstić information content (AvgIpc) is 2.71. The fraction of sp³-hybridized carbons (Fsp3) is 0.533. The Balaban J connectivity index is 1.91. The van der Waals surface area contributed by atoms with Crippen molar-refractivity contribution < 1.29 is 9.18 Å². The van der Waals surface area contributed by atoms with Crippen LogP contribution in [0, 0.1) is 12.7 Å². The van der Waals surface area contributed by atoms with Gasteiger partial charge in [-0.1, -0.05) is 13.0 Å². The van der Waals surface area contributed by atoms with Gasteiger partial charge in [-0.15, -0.1) is 0 Å². The van der Waals surface area contributed by atoms with Crippen molar-refractivity contribution in [3.05, 3.63) is 35.1 Å². The van der Waals surface area contributed by atoms with Crippen LogP contribution in [0.2, 0.25) is 0 Å². The minimum Gasteiger partial charge on any atom is -0.341 e. The molecule has 1 aromatic rings. The first-order valence-electron chi connectivity index (χ1n) is 6.89. The minimum atomic E-state index is -0.203. The van der Waals surface area contributed by atoms with Crippen molar-refractivity contribution >= 4 is 5.91 Å². The summed E-state index contributed by atoms with van der Waals surface area (Å²) in [5, 5.41) is 3.20. The molecule has 1 atom stereocenters. The van der Waals surface area contributed by atoms with E-state index in [0.717, 1.165) is 37.1 Å². The van der Waals surface area contributed by atoms with Gasteiger partial charge in [0.2, 0.25) is 5.91 Å². The van der Waals surface area contributed by atoms with Gasteiger partial charge in [-0.2, -0.15) is 0 Å². The first kappa shape index (κ1) is 14.0. The Bertz CT molecular complexity index is 461. The molecule has 0 aliphatic carbocycles. The van der Waals surface area contributed by atoms with Crippen LogP contribution in [-0.4, -0.2) is 36.5 Å². The maximum Gasteiger partial charge on any atom is 0.239 e. The molecule has 3 nitrogen and oxygen atoms in total. The summed E-state index contributed by atoms with van der Waals surface area (Å²) in [5.41, 5.74) is 2.07. The predicted molar refractivity (Wildman–Crippen MR) is 73.5 cm³/mol. The lowest BCUT2D eigenvalue weighted by molar-refractivity contribution is -0.129. The van der Waals surface area contributed by atoms with Crippen LogP contribution in [0.25, 0.3) is 0 Å². The number of benzene rings is 1. The van der Waals surface area contributed by atoms with Crippen LogP contribution in [0.5, 0.6) is 0 Å². The number of carbonyl (C=O) groups excluding carboxylic acids is 1. The fourth-order valence-corrected chi connectivity index (χ4v) is 2.59. The third-order valence-corrected chi connectivity index (χ3v) is 3.70. The highest BCUT2D eigenvalue weighted by Crippen LogP contribution is 2.15. The van der Waals surface area contributed by atoms with Gasteiger partial charge >= 0.3 is 0 Å². The molecule has 1 fully saturated rings. The highest BCUT2D eigenvalue weighted by Gasteiger charge is 2.30. The van der Waals surface area contributed by atoms with Gasteiger partial charge in [0.05, 0.1) is 6.04 Å². The molecule has 1 saturated heterocycles. The molecule has 1 amide bonds. The second-order valence-corrected chi connectivity index (χ2v) is 5.05. The number of hydrogen-bond acceptors (Lipinski definition) is 2. The van der Waals surface area contributed by atoms with Crippen LogP contribution in [0.1, 0.15) is 24.5 Å². The molecule has 1 aliphatic heterocycles. The van der Waals surface area contributed by atoms with E-state index in [2.05, 4.69) is 5.32 Å². The third kappa shape index (κ3) is 3.32. The van der Waals surface area contributed by atoms with E-state index in [9.17, 15) is 9.18 Å². The van der Waals surface area contributed by atoms with Gasteiger partial charge in [-0.05, 0) is 49.6 Å². The molecule has 2 rings (SSSR count). The van der Waals surface area contributed by atoms with Crippen molar-refractivity contribution in [3.8, 4) is 0 Å². The number of nitrogens with zero attached hydrogens (tertiary/aromatic N) is 1. The number of likely N-dealkylation sites (N-methyl/N-ethyl adjacent to an activating group) is 1. The summed E-state index contributed by atoms with van der Waals surface area (Å²) < 4.78 is 13.0. The summed E-state index contributed by atoms with van der Waals surface area (Å²) >= 11 is 0. The number of rotatable bonds is 5. The second kappa shape index (κ2) is 6.15. The molecule has 0 radical (unpaired) electrons. The number of carbonyl (C=O) groups is 1. The van der Waals surface area contributed by atoms with E-state index in [4.69, 9.17) is 0 Å². The molecule has 0 bridgehead atoms. The van der Waals surface area contributed by atoms with E-state index in [0.29, 0.717) is 6.54 Å². The molecule has 19 heavy (non-hydrogen) atoms. The lowest BCUT2D eigenvalue weighted by Crippen LogP contribution is -2.38. The highest BCUT2D eigenvalue weighted by atomic mass is 19.1. The molecule has 1 N–H and O–H groups in total. The van der Waals surface area contributed by atoms with Crippen LogP contribution in [0.15, 0.2) is 18.2 Å².